The highest BCUT2D eigenvalue weighted by Gasteiger charge is 2.75. The Morgan fingerprint density at radius 1 is 1.08 bits per heavy atom. The van der Waals surface area contributed by atoms with Gasteiger partial charge in [0.25, 0.3) is 5.91 Å². The molecule has 52 heavy (non-hydrogen) atoms. The fourth-order valence-electron chi connectivity index (χ4n) is 8.41. The molecule has 10 heteroatoms. The fourth-order valence-corrected chi connectivity index (χ4v) is 8.41. The normalized spacial score (nSPS) is 24.2. The van der Waals surface area contributed by atoms with Gasteiger partial charge in [-0.3, -0.25) is 19.2 Å². The van der Waals surface area contributed by atoms with Gasteiger partial charge in [0.05, 0.1) is 24.0 Å². The zero-order valence-electron chi connectivity index (χ0n) is 31.2. The van der Waals surface area contributed by atoms with E-state index in [9.17, 15) is 24.3 Å². The van der Waals surface area contributed by atoms with E-state index in [1.165, 1.54) is 0 Å². The van der Waals surface area contributed by atoms with Crippen molar-refractivity contribution >= 4 is 29.4 Å². The predicted octanol–water partition coefficient (Wildman–Crippen LogP) is 5.85. The Bertz CT molecular complexity index is 1630. The van der Waals surface area contributed by atoms with E-state index in [4.69, 9.17) is 9.47 Å². The summed E-state index contributed by atoms with van der Waals surface area (Å²) < 4.78 is 13.1. The lowest BCUT2D eigenvalue weighted by molar-refractivity contribution is -0.164. The number of benzene rings is 2. The molecule has 0 saturated carbocycles. The fraction of sp³-hybridized carbons (Fsp3) is 0.524. The van der Waals surface area contributed by atoms with Crippen LogP contribution in [0.3, 0.4) is 0 Å². The number of carbonyl (C=O) groups is 4. The molecule has 2 bridgehead atoms. The van der Waals surface area contributed by atoms with Crippen LogP contribution in [0.4, 0.5) is 5.69 Å². The highest BCUT2D eigenvalue weighted by Crippen LogP contribution is 2.59. The van der Waals surface area contributed by atoms with Crippen LogP contribution in [0.25, 0.3) is 0 Å². The summed E-state index contributed by atoms with van der Waals surface area (Å²) in [5.41, 5.74) is 2.19. The maximum Gasteiger partial charge on any atom is 0.313 e. The van der Waals surface area contributed by atoms with Crippen LogP contribution in [0.1, 0.15) is 81.1 Å². The van der Waals surface area contributed by atoms with E-state index in [-0.39, 0.29) is 37.3 Å². The number of hydrogen-bond acceptors (Lipinski definition) is 7. The number of ether oxygens (including phenoxy) is 2. The van der Waals surface area contributed by atoms with Crippen LogP contribution < -0.4 is 4.90 Å². The first-order valence-electron chi connectivity index (χ1n) is 18.7. The number of aryl methyl sites for hydroxylation is 2. The van der Waals surface area contributed by atoms with Gasteiger partial charge in [-0.2, -0.15) is 0 Å². The Balaban J connectivity index is 1.49. The van der Waals surface area contributed by atoms with Crippen molar-refractivity contribution in [2.75, 3.05) is 31.6 Å². The first-order valence-corrected chi connectivity index (χ1v) is 18.7. The minimum atomic E-state index is -1.20. The number of carbonyl (C=O) groups excluding carboxylic acids is 4. The van der Waals surface area contributed by atoms with Gasteiger partial charge in [0.2, 0.25) is 11.8 Å². The molecule has 1 N–H and O–H groups in total. The number of aliphatic hydroxyl groups excluding tert-OH is 1. The Hall–Kier alpha value is -4.28. The van der Waals surface area contributed by atoms with Crippen molar-refractivity contribution in [2.45, 2.75) is 102 Å². The summed E-state index contributed by atoms with van der Waals surface area (Å²) >= 11 is 0. The number of allylic oxidation sites excluding steroid dienone is 1. The van der Waals surface area contributed by atoms with Crippen molar-refractivity contribution in [1.29, 1.82) is 0 Å². The number of likely N-dealkylation sites (tertiary alicyclic amines) is 1. The zero-order valence-corrected chi connectivity index (χ0v) is 31.2. The van der Waals surface area contributed by atoms with Gasteiger partial charge in [0, 0.05) is 38.9 Å². The third-order valence-electron chi connectivity index (χ3n) is 11.2. The quantitative estimate of drug-likeness (QED) is 0.117. The molecule has 3 fully saturated rings. The smallest absolute Gasteiger partial charge is 0.313 e. The number of aliphatic hydroxyl groups is 1. The summed E-state index contributed by atoms with van der Waals surface area (Å²) in [5, 5.41) is 9.31. The Labute approximate surface area is 308 Å². The standard InChI is InChI=1S/C42H55N3O7/c1-7-9-19-34(47)43(6)30(5)37(31-17-13-12-14-18-31)51-41(50)35-33-22-23-42(52-33)36(35)39(48)45(25-15-10-11-16-26-46)38(42)40(49)44(24-8-2)32-27-28(3)20-21-29(32)4/h7-8,12-14,17-18,20-21,27,30,33,35-38,46H,1-2,9-11,15-16,19,22-26H2,3-6H3/t30-,33-,35+,36+,37+,38-,42+/m1/s1. The van der Waals surface area contributed by atoms with Gasteiger partial charge in [-0.05, 0) is 75.6 Å². The largest absolute Gasteiger partial charge is 0.455 e. The lowest BCUT2D eigenvalue weighted by atomic mass is 9.70. The SMILES string of the molecule is C=CCCC(=O)N(C)[C@H](C)[C@H](OC(=O)[C@@H]1[C@H]2C(=O)N(CCCCCCO)[C@H](C(=O)N(CC=C)c3cc(C)ccc3C)[C@]23CC[C@H]1O3)c1ccccc1. The molecule has 0 radical (unpaired) electrons. The van der Waals surface area contributed by atoms with E-state index >= 15 is 0 Å². The van der Waals surface area contributed by atoms with Gasteiger partial charge in [-0.1, -0.05) is 67.5 Å². The molecule has 0 unspecified atom stereocenters. The number of esters is 1. The lowest BCUT2D eigenvalue weighted by Crippen LogP contribution is -2.56. The minimum absolute atomic E-state index is 0.0959. The van der Waals surface area contributed by atoms with Crippen molar-refractivity contribution in [1.82, 2.24) is 9.80 Å². The van der Waals surface area contributed by atoms with E-state index in [1.54, 1.807) is 33.9 Å². The number of hydrogen-bond donors (Lipinski definition) is 1. The van der Waals surface area contributed by atoms with Gasteiger partial charge in [-0.25, -0.2) is 0 Å². The number of unbranched alkanes of at least 4 members (excludes halogenated alkanes) is 3. The molecule has 3 aliphatic heterocycles. The molecule has 280 valence electrons. The predicted molar refractivity (Wildman–Crippen MR) is 200 cm³/mol. The summed E-state index contributed by atoms with van der Waals surface area (Å²) in [7, 11) is 1.70. The van der Waals surface area contributed by atoms with Crippen LogP contribution in [0.2, 0.25) is 0 Å². The third kappa shape index (κ3) is 7.60. The molecule has 5 rings (SSSR count). The number of likely N-dealkylation sites (N-methyl/N-ethyl adjacent to an activating group) is 1. The van der Waals surface area contributed by atoms with Crippen molar-refractivity contribution in [2.24, 2.45) is 11.8 Å². The number of nitrogens with zero attached hydrogens (tertiary/aromatic N) is 3. The summed E-state index contributed by atoms with van der Waals surface area (Å²) in [6, 6.07) is 13.8. The van der Waals surface area contributed by atoms with E-state index in [0.717, 1.165) is 35.2 Å². The van der Waals surface area contributed by atoms with E-state index < -0.39 is 47.7 Å². The lowest BCUT2D eigenvalue weighted by Gasteiger charge is -2.37. The molecule has 2 aromatic carbocycles. The second-order valence-corrected chi connectivity index (χ2v) is 14.6. The molecular weight excluding hydrogens is 658 g/mol. The van der Waals surface area contributed by atoms with Crippen molar-refractivity contribution in [3.05, 3.63) is 90.5 Å². The Kier molecular flexibility index (Phi) is 12.8. The molecule has 3 amide bonds. The van der Waals surface area contributed by atoms with Crippen LogP contribution in [0, 0.1) is 25.7 Å². The first-order chi connectivity index (χ1) is 25.0. The van der Waals surface area contributed by atoms with Crippen LogP contribution in [-0.2, 0) is 28.7 Å². The number of amides is 3. The number of rotatable bonds is 18. The van der Waals surface area contributed by atoms with E-state index in [1.807, 2.05) is 69.3 Å². The molecular formula is C42H55N3O7. The van der Waals surface area contributed by atoms with Crippen LogP contribution >= 0.6 is 0 Å². The molecule has 3 heterocycles. The van der Waals surface area contributed by atoms with Gasteiger partial charge in [0.1, 0.15) is 17.7 Å². The molecule has 2 aromatic rings. The van der Waals surface area contributed by atoms with Crippen LogP contribution in [-0.4, -0.2) is 89.1 Å². The Morgan fingerprint density at radius 2 is 1.81 bits per heavy atom. The second kappa shape index (κ2) is 17.0. The van der Waals surface area contributed by atoms with Gasteiger partial charge >= 0.3 is 5.97 Å². The number of anilines is 1. The topological polar surface area (TPSA) is 117 Å². The minimum Gasteiger partial charge on any atom is -0.455 e. The molecule has 3 saturated heterocycles. The summed E-state index contributed by atoms with van der Waals surface area (Å²) in [4.78, 5) is 62.2. The van der Waals surface area contributed by atoms with Gasteiger partial charge in [0.15, 0.2) is 0 Å². The van der Waals surface area contributed by atoms with Crippen LogP contribution in [0.5, 0.6) is 0 Å². The number of fused-ring (bicyclic) bond motifs is 1. The monoisotopic (exact) mass is 713 g/mol. The summed E-state index contributed by atoms with van der Waals surface area (Å²) in [5.74, 6) is -3.00. The summed E-state index contributed by atoms with van der Waals surface area (Å²) in [6.07, 6.45) is 6.66. The molecule has 0 aromatic heterocycles. The average molecular weight is 714 g/mol. The Morgan fingerprint density at radius 3 is 2.50 bits per heavy atom. The van der Waals surface area contributed by atoms with E-state index in [2.05, 4.69) is 13.2 Å². The van der Waals surface area contributed by atoms with Crippen molar-refractivity contribution < 1.29 is 33.8 Å². The maximum absolute atomic E-state index is 15.0. The highest BCUT2D eigenvalue weighted by molar-refractivity contribution is 6.05. The van der Waals surface area contributed by atoms with E-state index in [0.29, 0.717) is 38.6 Å². The van der Waals surface area contributed by atoms with Gasteiger partial charge < -0.3 is 29.3 Å². The zero-order chi connectivity index (χ0) is 37.6. The maximum atomic E-state index is 15.0. The third-order valence-corrected chi connectivity index (χ3v) is 11.2. The second-order valence-electron chi connectivity index (χ2n) is 14.6. The average Bonchev–Trinajstić information content (AvgIpc) is 3.79. The first kappa shape index (κ1) is 38.9. The summed E-state index contributed by atoms with van der Waals surface area (Å²) in [6.45, 7) is 14.1. The van der Waals surface area contributed by atoms with Crippen LogP contribution in [0.15, 0.2) is 73.8 Å². The van der Waals surface area contributed by atoms with Crippen molar-refractivity contribution in [3.8, 4) is 0 Å². The molecule has 0 aliphatic carbocycles. The molecule has 7 atom stereocenters. The van der Waals surface area contributed by atoms with Gasteiger partial charge in [-0.15, -0.1) is 13.2 Å². The molecule has 10 nitrogen and oxygen atoms in total. The molecule has 3 aliphatic rings. The van der Waals surface area contributed by atoms with Crippen molar-refractivity contribution in [3.63, 3.8) is 0 Å². The molecule has 1 spiro atoms. The highest BCUT2D eigenvalue weighted by atomic mass is 16.6.